The van der Waals surface area contributed by atoms with Crippen molar-refractivity contribution in [2.45, 2.75) is 6.92 Å². The van der Waals surface area contributed by atoms with Gasteiger partial charge in [0.1, 0.15) is 11.4 Å². The monoisotopic (exact) mass is 179 g/mol. The Labute approximate surface area is 78.0 Å². The van der Waals surface area contributed by atoms with E-state index in [2.05, 4.69) is 11.6 Å². The Morgan fingerprint density at radius 2 is 2.08 bits per heavy atom. The number of rotatable bonds is 3. The lowest BCUT2D eigenvalue weighted by molar-refractivity contribution is 0.384. The zero-order valence-electron chi connectivity index (χ0n) is 8.13. The first-order chi connectivity index (χ1) is 6.24. The number of nitrogens with zero attached hydrogens (tertiary/aromatic N) is 1. The van der Waals surface area contributed by atoms with Crippen LogP contribution in [-0.2, 0) is 0 Å². The van der Waals surface area contributed by atoms with Crippen LogP contribution in [0.15, 0.2) is 12.8 Å². The maximum Gasteiger partial charge on any atom is 0.151 e. The minimum atomic E-state index is 0.717. The van der Waals surface area contributed by atoms with Crippen LogP contribution in [0.1, 0.15) is 11.3 Å². The maximum absolute atomic E-state index is 5.20. The van der Waals surface area contributed by atoms with E-state index in [-0.39, 0.29) is 0 Å². The van der Waals surface area contributed by atoms with Crippen LogP contribution in [0.25, 0.3) is 6.08 Å². The molecule has 1 aromatic heterocycles. The summed E-state index contributed by atoms with van der Waals surface area (Å²) in [7, 11) is 3.22. The second-order valence-corrected chi connectivity index (χ2v) is 2.57. The molecule has 0 aromatic carbocycles. The van der Waals surface area contributed by atoms with E-state index in [0.29, 0.717) is 5.75 Å². The summed E-state index contributed by atoms with van der Waals surface area (Å²) < 4.78 is 10.3. The lowest BCUT2D eigenvalue weighted by atomic mass is 10.2. The molecule has 0 radical (unpaired) electrons. The summed E-state index contributed by atoms with van der Waals surface area (Å²) in [4.78, 5) is 4.13. The van der Waals surface area contributed by atoms with Crippen molar-refractivity contribution in [2.75, 3.05) is 14.2 Å². The lowest BCUT2D eigenvalue weighted by Crippen LogP contribution is -1.97. The molecular weight excluding hydrogens is 166 g/mol. The topological polar surface area (TPSA) is 31.4 Å². The minimum Gasteiger partial charge on any atom is -0.495 e. The first-order valence-corrected chi connectivity index (χ1v) is 3.94. The first-order valence-electron chi connectivity index (χ1n) is 3.94. The van der Waals surface area contributed by atoms with Gasteiger partial charge in [-0.1, -0.05) is 6.58 Å². The summed E-state index contributed by atoms with van der Waals surface area (Å²) in [5.41, 5.74) is 1.68. The Kier molecular flexibility index (Phi) is 2.90. The van der Waals surface area contributed by atoms with Crippen LogP contribution in [-0.4, -0.2) is 19.2 Å². The van der Waals surface area contributed by atoms with Crippen molar-refractivity contribution >= 4 is 6.08 Å². The van der Waals surface area contributed by atoms with Crippen LogP contribution in [0.5, 0.6) is 11.5 Å². The molecule has 0 atom stereocenters. The van der Waals surface area contributed by atoms with Gasteiger partial charge < -0.3 is 9.47 Å². The van der Waals surface area contributed by atoms with Crippen molar-refractivity contribution in [2.24, 2.45) is 0 Å². The van der Waals surface area contributed by atoms with Crippen molar-refractivity contribution in [3.63, 3.8) is 0 Å². The van der Waals surface area contributed by atoms with Crippen LogP contribution in [0.2, 0.25) is 0 Å². The van der Waals surface area contributed by atoms with Gasteiger partial charge in [-0.05, 0) is 13.0 Å². The summed E-state index contributed by atoms with van der Waals surface area (Å²) >= 11 is 0. The summed E-state index contributed by atoms with van der Waals surface area (Å²) in [6.45, 7) is 5.58. The molecule has 0 fully saturated rings. The van der Waals surface area contributed by atoms with Gasteiger partial charge in [-0.2, -0.15) is 0 Å². The largest absolute Gasteiger partial charge is 0.495 e. The van der Waals surface area contributed by atoms with E-state index >= 15 is 0 Å². The molecule has 0 saturated heterocycles. The third-order valence-electron chi connectivity index (χ3n) is 1.88. The number of ether oxygens (including phenoxy) is 2. The molecule has 0 unspecified atom stereocenters. The molecule has 3 nitrogen and oxygen atoms in total. The van der Waals surface area contributed by atoms with Crippen LogP contribution in [0.3, 0.4) is 0 Å². The molecule has 1 heterocycles. The third-order valence-corrected chi connectivity index (χ3v) is 1.88. The van der Waals surface area contributed by atoms with E-state index in [1.54, 1.807) is 26.5 Å². The summed E-state index contributed by atoms with van der Waals surface area (Å²) in [5.74, 6) is 1.44. The standard InChI is InChI=1S/C10H13NO2/c1-5-8-10(13-4)7(2)9(12-3)6-11-8/h5-6H,1H2,2-4H3. The van der Waals surface area contributed by atoms with Gasteiger partial charge in [0, 0.05) is 5.56 Å². The Morgan fingerprint density at radius 3 is 2.54 bits per heavy atom. The normalized spacial score (nSPS) is 9.46. The molecule has 3 heteroatoms. The number of hydrogen-bond acceptors (Lipinski definition) is 3. The summed E-state index contributed by atoms with van der Waals surface area (Å²) in [6, 6.07) is 0. The molecule has 0 spiro atoms. The van der Waals surface area contributed by atoms with Gasteiger partial charge in [0.25, 0.3) is 0 Å². The van der Waals surface area contributed by atoms with Crippen LogP contribution in [0.4, 0.5) is 0 Å². The summed E-state index contributed by atoms with van der Waals surface area (Å²) in [6.07, 6.45) is 3.32. The van der Waals surface area contributed by atoms with Gasteiger partial charge in [0.15, 0.2) is 5.75 Å². The fourth-order valence-electron chi connectivity index (χ4n) is 1.20. The predicted octanol–water partition coefficient (Wildman–Crippen LogP) is 2.05. The number of hydrogen-bond donors (Lipinski definition) is 0. The van der Waals surface area contributed by atoms with E-state index < -0.39 is 0 Å². The lowest BCUT2D eigenvalue weighted by Gasteiger charge is -2.10. The van der Waals surface area contributed by atoms with Gasteiger partial charge >= 0.3 is 0 Å². The third kappa shape index (κ3) is 1.64. The van der Waals surface area contributed by atoms with E-state index in [1.165, 1.54) is 0 Å². The van der Waals surface area contributed by atoms with Crippen molar-refractivity contribution < 1.29 is 9.47 Å². The van der Waals surface area contributed by atoms with Gasteiger partial charge in [0.05, 0.1) is 20.4 Å². The average Bonchev–Trinajstić information content (AvgIpc) is 2.17. The molecule has 70 valence electrons. The molecule has 1 rings (SSSR count). The minimum absolute atomic E-state index is 0.717. The fourth-order valence-corrected chi connectivity index (χ4v) is 1.20. The van der Waals surface area contributed by atoms with E-state index in [1.807, 2.05) is 6.92 Å². The van der Waals surface area contributed by atoms with E-state index in [4.69, 9.17) is 9.47 Å². The van der Waals surface area contributed by atoms with Crippen molar-refractivity contribution in [3.05, 3.63) is 24.0 Å². The zero-order chi connectivity index (χ0) is 9.84. The number of aromatic nitrogens is 1. The number of pyridine rings is 1. The van der Waals surface area contributed by atoms with Crippen LogP contribution >= 0.6 is 0 Å². The van der Waals surface area contributed by atoms with Gasteiger partial charge in [-0.15, -0.1) is 0 Å². The number of methoxy groups -OCH3 is 2. The quantitative estimate of drug-likeness (QED) is 0.711. The Balaban J connectivity index is 3.31. The first kappa shape index (κ1) is 9.58. The molecule has 0 N–H and O–H groups in total. The zero-order valence-corrected chi connectivity index (χ0v) is 8.13. The smallest absolute Gasteiger partial charge is 0.151 e. The summed E-state index contributed by atoms with van der Waals surface area (Å²) in [5, 5.41) is 0. The second kappa shape index (κ2) is 3.94. The van der Waals surface area contributed by atoms with Crippen molar-refractivity contribution in [1.82, 2.24) is 4.98 Å². The van der Waals surface area contributed by atoms with Gasteiger partial charge in [-0.25, -0.2) is 4.98 Å². The Morgan fingerprint density at radius 1 is 1.38 bits per heavy atom. The van der Waals surface area contributed by atoms with Crippen LogP contribution in [0, 0.1) is 6.92 Å². The second-order valence-electron chi connectivity index (χ2n) is 2.57. The molecule has 13 heavy (non-hydrogen) atoms. The van der Waals surface area contributed by atoms with Crippen LogP contribution < -0.4 is 9.47 Å². The molecule has 0 aliphatic carbocycles. The highest BCUT2D eigenvalue weighted by Crippen LogP contribution is 2.29. The highest BCUT2D eigenvalue weighted by Gasteiger charge is 2.09. The molecule has 0 saturated carbocycles. The van der Waals surface area contributed by atoms with Crippen molar-refractivity contribution in [3.8, 4) is 11.5 Å². The molecule has 0 amide bonds. The SMILES string of the molecule is C=Cc1ncc(OC)c(C)c1OC. The Hall–Kier alpha value is -1.51. The van der Waals surface area contributed by atoms with Crippen molar-refractivity contribution in [1.29, 1.82) is 0 Å². The van der Waals surface area contributed by atoms with E-state index in [0.717, 1.165) is 17.0 Å². The van der Waals surface area contributed by atoms with Gasteiger partial charge in [-0.3, -0.25) is 0 Å². The molecule has 1 aromatic rings. The highest BCUT2D eigenvalue weighted by atomic mass is 16.5. The highest BCUT2D eigenvalue weighted by molar-refractivity contribution is 5.57. The Bertz CT molecular complexity index is 321. The predicted molar refractivity (Wildman–Crippen MR) is 52.2 cm³/mol. The molecule has 0 aliphatic heterocycles. The van der Waals surface area contributed by atoms with Gasteiger partial charge in [0.2, 0.25) is 0 Å². The molecule has 0 aliphatic rings. The molecule has 0 bridgehead atoms. The van der Waals surface area contributed by atoms with E-state index in [9.17, 15) is 0 Å². The maximum atomic E-state index is 5.20. The average molecular weight is 179 g/mol. The fraction of sp³-hybridized carbons (Fsp3) is 0.300. The molecular formula is C10H13NO2.